The lowest BCUT2D eigenvalue weighted by atomic mass is 10.0. The highest BCUT2D eigenvalue weighted by atomic mass is 32.2. The molecule has 0 unspecified atom stereocenters. The summed E-state index contributed by atoms with van der Waals surface area (Å²) >= 11 is 3.30. The minimum Gasteiger partial charge on any atom is -0.480 e. The number of nitrogens with one attached hydrogen (secondary N) is 5. The second kappa shape index (κ2) is 18.7. The largest absolute Gasteiger partial charge is 0.480 e. The molecule has 0 spiro atoms. The van der Waals surface area contributed by atoms with Crippen molar-refractivity contribution in [3.63, 3.8) is 0 Å². The van der Waals surface area contributed by atoms with E-state index in [1.54, 1.807) is 0 Å². The third-order valence-electron chi connectivity index (χ3n) is 6.72. The van der Waals surface area contributed by atoms with E-state index >= 15 is 0 Å². The first-order valence-electron chi connectivity index (χ1n) is 13.9. The summed E-state index contributed by atoms with van der Waals surface area (Å²) in [7, 11) is 0. The van der Waals surface area contributed by atoms with Gasteiger partial charge in [0.25, 0.3) is 0 Å². The van der Waals surface area contributed by atoms with Crippen LogP contribution in [0.4, 0.5) is 4.79 Å². The predicted octanol–water partition coefficient (Wildman–Crippen LogP) is -0.390. The van der Waals surface area contributed by atoms with E-state index in [-0.39, 0.29) is 42.6 Å². The number of carboxylic acid groups (broad SMARTS) is 2. The SMILES string of the molecule is N[C@@H](CCC(=O)N[C@@H](CSCCCCCNC(=O)CCCC[C@@H]1SC[C@@H]2NC(=O)N[C@H]21)C(=O)NCC(=O)O)C(=O)O. The molecule has 16 heteroatoms. The zero-order chi connectivity index (χ0) is 30.2. The van der Waals surface area contributed by atoms with Gasteiger partial charge in [0.15, 0.2) is 0 Å². The molecule has 5 atom stereocenters. The fourth-order valence-corrected chi connectivity index (χ4v) is 7.03. The molecule has 0 aromatic heterocycles. The van der Waals surface area contributed by atoms with Gasteiger partial charge in [-0.2, -0.15) is 23.5 Å². The second-order valence-electron chi connectivity index (χ2n) is 10.1. The lowest BCUT2D eigenvalue weighted by Gasteiger charge is -2.18. The molecular formula is C25H42N6O8S2. The number of unbranched alkanes of at least 4 members (excludes halogenated alkanes) is 3. The molecule has 0 aliphatic carbocycles. The molecule has 2 heterocycles. The van der Waals surface area contributed by atoms with Crippen LogP contribution >= 0.6 is 23.5 Å². The predicted molar refractivity (Wildman–Crippen MR) is 156 cm³/mol. The van der Waals surface area contributed by atoms with Gasteiger partial charge in [-0.3, -0.25) is 24.0 Å². The molecule has 2 aliphatic rings. The van der Waals surface area contributed by atoms with Gasteiger partial charge >= 0.3 is 18.0 Å². The lowest BCUT2D eigenvalue weighted by molar-refractivity contribution is -0.139. The highest BCUT2D eigenvalue weighted by Gasteiger charge is 2.42. The van der Waals surface area contributed by atoms with Crippen LogP contribution in [0.25, 0.3) is 0 Å². The van der Waals surface area contributed by atoms with Gasteiger partial charge in [0.2, 0.25) is 17.7 Å². The summed E-state index contributed by atoms with van der Waals surface area (Å²) in [6.07, 6.45) is 5.44. The van der Waals surface area contributed by atoms with Crippen LogP contribution in [0.3, 0.4) is 0 Å². The van der Waals surface area contributed by atoms with Crippen molar-refractivity contribution < 1.29 is 39.0 Å². The van der Waals surface area contributed by atoms with Crippen LogP contribution in [0.5, 0.6) is 0 Å². The Labute approximate surface area is 247 Å². The van der Waals surface area contributed by atoms with E-state index in [2.05, 4.69) is 26.6 Å². The summed E-state index contributed by atoms with van der Waals surface area (Å²) in [4.78, 5) is 69.6. The normalized spacial score (nSPS) is 20.7. The van der Waals surface area contributed by atoms with Gasteiger partial charge in [-0.1, -0.05) is 12.8 Å². The monoisotopic (exact) mass is 618 g/mol. The average Bonchev–Trinajstić information content (AvgIpc) is 3.47. The zero-order valence-corrected chi connectivity index (χ0v) is 24.7. The van der Waals surface area contributed by atoms with Crippen molar-refractivity contribution in [1.29, 1.82) is 0 Å². The summed E-state index contributed by atoms with van der Waals surface area (Å²) in [5, 5.41) is 31.6. The molecule has 2 rings (SSSR count). The Balaban J connectivity index is 1.53. The molecule has 2 aliphatic heterocycles. The lowest BCUT2D eigenvalue weighted by Crippen LogP contribution is -2.49. The number of carboxylic acids is 2. The van der Waals surface area contributed by atoms with Gasteiger partial charge in [-0.05, 0) is 37.9 Å². The molecule has 9 N–H and O–H groups in total. The smallest absolute Gasteiger partial charge is 0.322 e. The standard InChI is InChI=1S/C25H42N6O8S2/c26-15(24(37)38)8-9-20(33)29-17(23(36)28-12-21(34)35)13-40-11-5-1-4-10-27-19(32)7-3-2-6-18-22-16(14-41-18)30-25(39)31-22/h15-18,22H,1-14,26H2,(H,27,32)(H,28,36)(H,29,33)(H,34,35)(H,37,38)(H2,30,31,39)/t15-,16-,17-,18-,22+/m0/s1. The Morgan fingerprint density at radius 2 is 1.78 bits per heavy atom. The van der Waals surface area contributed by atoms with Crippen LogP contribution in [-0.4, -0.2) is 106 Å². The van der Waals surface area contributed by atoms with Crippen LogP contribution in [0, 0.1) is 0 Å². The molecule has 2 saturated heterocycles. The van der Waals surface area contributed by atoms with Crippen molar-refractivity contribution in [1.82, 2.24) is 26.6 Å². The van der Waals surface area contributed by atoms with Gasteiger partial charge in [0.1, 0.15) is 18.6 Å². The summed E-state index contributed by atoms with van der Waals surface area (Å²) in [6, 6.07) is -1.84. The maximum absolute atomic E-state index is 12.3. The van der Waals surface area contributed by atoms with Crippen LogP contribution in [0.15, 0.2) is 0 Å². The molecule has 41 heavy (non-hydrogen) atoms. The maximum atomic E-state index is 12.3. The summed E-state index contributed by atoms with van der Waals surface area (Å²) < 4.78 is 0. The Morgan fingerprint density at radius 3 is 2.51 bits per heavy atom. The van der Waals surface area contributed by atoms with E-state index in [0.717, 1.165) is 44.3 Å². The van der Waals surface area contributed by atoms with Gasteiger partial charge in [-0.25, -0.2) is 4.79 Å². The topological polar surface area (TPSA) is 229 Å². The van der Waals surface area contributed by atoms with E-state index in [9.17, 15) is 28.8 Å². The molecule has 232 valence electrons. The van der Waals surface area contributed by atoms with Crippen molar-refractivity contribution in [2.45, 2.75) is 87.2 Å². The van der Waals surface area contributed by atoms with Gasteiger partial charge in [0.05, 0.1) is 12.1 Å². The molecular weight excluding hydrogens is 576 g/mol. The number of hydrogen-bond acceptors (Lipinski definition) is 9. The number of nitrogens with two attached hydrogens (primary N) is 1. The first-order chi connectivity index (χ1) is 19.6. The van der Waals surface area contributed by atoms with Gasteiger partial charge < -0.3 is 42.5 Å². The maximum Gasteiger partial charge on any atom is 0.322 e. The Bertz CT molecular complexity index is 927. The number of rotatable bonds is 21. The summed E-state index contributed by atoms with van der Waals surface area (Å²) in [5.41, 5.74) is 5.40. The molecule has 14 nitrogen and oxygen atoms in total. The van der Waals surface area contributed by atoms with Crippen molar-refractivity contribution in [3.05, 3.63) is 0 Å². The zero-order valence-electron chi connectivity index (χ0n) is 23.0. The fraction of sp³-hybridized carbons (Fsp3) is 0.760. The molecule has 0 aromatic carbocycles. The van der Waals surface area contributed by atoms with Crippen LogP contribution in [-0.2, 0) is 24.0 Å². The highest BCUT2D eigenvalue weighted by Crippen LogP contribution is 2.33. The molecule has 2 fully saturated rings. The first-order valence-corrected chi connectivity index (χ1v) is 16.1. The van der Waals surface area contributed by atoms with Crippen molar-refractivity contribution in [2.24, 2.45) is 5.73 Å². The van der Waals surface area contributed by atoms with Crippen LogP contribution in [0.2, 0.25) is 0 Å². The van der Waals surface area contributed by atoms with Crippen LogP contribution < -0.4 is 32.3 Å². The molecule has 0 bridgehead atoms. The van der Waals surface area contributed by atoms with Gasteiger partial charge in [-0.15, -0.1) is 0 Å². The molecule has 0 radical (unpaired) electrons. The van der Waals surface area contributed by atoms with Gasteiger partial charge in [0, 0.05) is 36.1 Å². The average molecular weight is 619 g/mol. The molecule has 5 amide bonds. The number of thioether (sulfide) groups is 2. The first kappa shape index (κ1) is 34.5. The van der Waals surface area contributed by atoms with Crippen molar-refractivity contribution >= 4 is 59.2 Å². The Morgan fingerprint density at radius 1 is 1.00 bits per heavy atom. The van der Waals surface area contributed by atoms with Crippen molar-refractivity contribution in [2.75, 3.05) is 30.3 Å². The minimum atomic E-state index is -1.23. The number of fused-ring (bicyclic) bond motifs is 1. The summed E-state index contributed by atoms with van der Waals surface area (Å²) in [6.45, 7) is 0.00149. The van der Waals surface area contributed by atoms with Crippen LogP contribution in [0.1, 0.15) is 57.8 Å². The quantitative estimate of drug-likeness (QED) is 0.0610. The minimum absolute atomic E-state index is 0.0300. The number of carbonyl (C=O) groups is 6. The number of amides is 5. The van der Waals surface area contributed by atoms with E-state index in [1.807, 2.05) is 11.8 Å². The van der Waals surface area contributed by atoms with E-state index in [0.29, 0.717) is 24.0 Å². The third-order valence-corrected chi connectivity index (χ3v) is 9.37. The second-order valence-corrected chi connectivity index (χ2v) is 12.5. The number of urea groups is 1. The third kappa shape index (κ3) is 13.7. The Kier molecular flexibility index (Phi) is 15.7. The number of aliphatic carboxylic acids is 2. The highest BCUT2D eigenvalue weighted by molar-refractivity contribution is 8.00. The molecule has 0 aromatic rings. The summed E-state index contributed by atoms with van der Waals surface area (Å²) in [5.74, 6) is -1.73. The molecule has 0 saturated carbocycles. The fourth-order valence-electron chi connectivity index (χ4n) is 4.44. The Hall–Kier alpha value is -2.72. The van der Waals surface area contributed by atoms with E-state index in [4.69, 9.17) is 15.9 Å². The number of hydrogen-bond donors (Lipinski definition) is 8. The van der Waals surface area contributed by atoms with E-state index < -0.39 is 42.4 Å². The van der Waals surface area contributed by atoms with Crippen molar-refractivity contribution in [3.8, 4) is 0 Å². The van der Waals surface area contributed by atoms with E-state index in [1.165, 1.54) is 11.8 Å². The number of carbonyl (C=O) groups excluding carboxylic acids is 4.